The predicted molar refractivity (Wildman–Crippen MR) is 66.5 cm³/mol. The van der Waals surface area contributed by atoms with Crippen molar-refractivity contribution < 1.29 is 9.59 Å². The summed E-state index contributed by atoms with van der Waals surface area (Å²) in [6.07, 6.45) is 7.50. The molecule has 0 aromatic rings. The van der Waals surface area contributed by atoms with Crippen molar-refractivity contribution in [3.8, 4) is 0 Å². The highest BCUT2D eigenvalue weighted by Crippen LogP contribution is 2.55. The van der Waals surface area contributed by atoms with Crippen LogP contribution in [-0.2, 0) is 9.59 Å². The zero-order valence-corrected chi connectivity index (χ0v) is 10.9. The SMILES string of the molecule is CCC(C)CC(=O)C(=O)NC1CC2(CCC2)C1. The Morgan fingerprint density at radius 3 is 2.47 bits per heavy atom. The molecule has 0 heterocycles. The summed E-state index contributed by atoms with van der Waals surface area (Å²) in [6.45, 7) is 4.06. The average Bonchev–Trinajstić information content (AvgIpc) is 2.19. The fraction of sp³-hybridized carbons (Fsp3) is 0.857. The zero-order chi connectivity index (χ0) is 12.5. The van der Waals surface area contributed by atoms with Gasteiger partial charge in [0.1, 0.15) is 0 Å². The Morgan fingerprint density at radius 2 is 2.00 bits per heavy atom. The van der Waals surface area contributed by atoms with Crippen LogP contribution in [0.2, 0.25) is 0 Å². The first-order chi connectivity index (χ1) is 8.04. The highest BCUT2D eigenvalue weighted by atomic mass is 16.2. The fourth-order valence-corrected chi connectivity index (χ4v) is 2.99. The second kappa shape index (κ2) is 4.79. The van der Waals surface area contributed by atoms with Crippen molar-refractivity contribution in [2.24, 2.45) is 11.3 Å². The van der Waals surface area contributed by atoms with Crippen LogP contribution in [0.25, 0.3) is 0 Å². The lowest BCUT2D eigenvalue weighted by atomic mass is 9.54. The van der Waals surface area contributed by atoms with Gasteiger partial charge in [0.25, 0.3) is 5.91 Å². The molecule has 0 radical (unpaired) electrons. The van der Waals surface area contributed by atoms with Crippen LogP contribution in [0.1, 0.15) is 58.8 Å². The molecule has 2 rings (SSSR count). The molecule has 0 bridgehead atoms. The first-order valence-electron chi connectivity index (χ1n) is 6.88. The molecule has 2 aliphatic rings. The van der Waals surface area contributed by atoms with E-state index in [0.717, 1.165) is 19.3 Å². The molecule has 17 heavy (non-hydrogen) atoms. The van der Waals surface area contributed by atoms with Crippen molar-refractivity contribution in [3.63, 3.8) is 0 Å². The molecule has 1 unspecified atom stereocenters. The van der Waals surface area contributed by atoms with Crippen molar-refractivity contribution in [3.05, 3.63) is 0 Å². The van der Waals surface area contributed by atoms with Gasteiger partial charge in [-0.05, 0) is 37.0 Å². The van der Waals surface area contributed by atoms with Gasteiger partial charge in [-0.15, -0.1) is 0 Å². The third-order valence-corrected chi connectivity index (χ3v) is 4.59. The highest BCUT2D eigenvalue weighted by molar-refractivity contribution is 6.36. The number of carbonyl (C=O) groups is 2. The van der Waals surface area contributed by atoms with Gasteiger partial charge in [0.05, 0.1) is 0 Å². The molecule has 1 amide bonds. The molecule has 0 saturated heterocycles. The normalized spacial score (nSPS) is 23.6. The standard InChI is InChI=1S/C14H23NO2/c1-3-10(2)7-12(16)13(17)15-11-8-14(9-11)5-4-6-14/h10-11H,3-9H2,1-2H3,(H,15,17). The maximum Gasteiger partial charge on any atom is 0.287 e. The zero-order valence-electron chi connectivity index (χ0n) is 10.9. The fourth-order valence-electron chi connectivity index (χ4n) is 2.99. The summed E-state index contributed by atoms with van der Waals surface area (Å²) in [4.78, 5) is 23.3. The van der Waals surface area contributed by atoms with Gasteiger partial charge in [0.15, 0.2) is 0 Å². The van der Waals surface area contributed by atoms with Crippen molar-refractivity contribution >= 4 is 11.7 Å². The Morgan fingerprint density at radius 1 is 1.35 bits per heavy atom. The number of nitrogens with one attached hydrogen (secondary N) is 1. The number of ketones is 1. The van der Waals surface area contributed by atoms with Gasteiger partial charge in [-0.25, -0.2) is 0 Å². The number of rotatable bonds is 5. The van der Waals surface area contributed by atoms with Crippen LogP contribution in [-0.4, -0.2) is 17.7 Å². The van der Waals surface area contributed by atoms with Crippen LogP contribution in [0.3, 0.4) is 0 Å². The van der Waals surface area contributed by atoms with Gasteiger partial charge in [-0.2, -0.15) is 0 Å². The van der Waals surface area contributed by atoms with Crippen molar-refractivity contribution in [2.45, 2.75) is 64.8 Å². The average molecular weight is 237 g/mol. The number of amides is 1. The summed E-state index contributed by atoms with van der Waals surface area (Å²) in [5, 5.41) is 2.88. The van der Waals surface area contributed by atoms with Crippen molar-refractivity contribution in [1.82, 2.24) is 5.32 Å². The van der Waals surface area contributed by atoms with E-state index >= 15 is 0 Å². The summed E-state index contributed by atoms with van der Waals surface area (Å²) in [5.74, 6) is -0.286. The van der Waals surface area contributed by atoms with Crippen LogP contribution < -0.4 is 5.32 Å². The molecule has 1 N–H and O–H groups in total. The van der Waals surface area contributed by atoms with Gasteiger partial charge in [-0.3, -0.25) is 9.59 Å². The first-order valence-corrected chi connectivity index (χ1v) is 6.88. The third kappa shape index (κ3) is 2.70. The summed E-state index contributed by atoms with van der Waals surface area (Å²) in [7, 11) is 0. The molecule has 2 aliphatic carbocycles. The lowest BCUT2D eigenvalue weighted by molar-refractivity contribution is -0.140. The molecule has 0 aliphatic heterocycles. The number of hydrogen-bond donors (Lipinski definition) is 1. The molecule has 1 spiro atoms. The van der Waals surface area contributed by atoms with E-state index in [4.69, 9.17) is 0 Å². The van der Waals surface area contributed by atoms with Crippen LogP contribution in [0.4, 0.5) is 0 Å². The minimum Gasteiger partial charge on any atom is -0.347 e. The molecular weight excluding hydrogens is 214 g/mol. The Labute approximate surface area is 103 Å². The number of hydrogen-bond acceptors (Lipinski definition) is 2. The van der Waals surface area contributed by atoms with E-state index < -0.39 is 0 Å². The quantitative estimate of drug-likeness (QED) is 0.746. The largest absolute Gasteiger partial charge is 0.347 e. The molecule has 96 valence electrons. The summed E-state index contributed by atoms with van der Waals surface area (Å²) in [5.41, 5.74) is 0.553. The third-order valence-electron chi connectivity index (χ3n) is 4.59. The Balaban J connectivity index is 1.69. The van der Waals surface area contributed by atoms with Crippen LogP contribution in [0.15, 0.2) is 0 Å². The molecule has 2 fully saturated rings. The second-order valence-electron chi connectivity index (χ2n) is 6.07. The lowest BCUT2D eigenvalue weighted by Crippen LogP contribution is -2.54. The second-order valence-corrected chi connectivity index (χ2v) is 6.07. The summed E-state index contributed by atoms with van der Waals surface area (Å²) >= 11 is 0. The van der Waals surface area contributed by atoms with E-state index in [2.05, 4.69) is 5.32 Å². The molecule has 2 saturated carbocycles. The van der Waals surface area contributed by atoms with E-state index in [0.29, 0.717) is 17.8 Å². The van der Waals surface area contributed by atoms with E-state index in [9.17, 15) is 9.59 Å². The molecule has 3 heteroatoms. The summed E-state index contributed by atoms with van der Waals surface area (Å²) < 4.78 is 0. The lowest BCUT2D eigenvalue weighted by Gasteiger charge is -2.54. The van der Waals surface area contributed by atoms with E-state index in [-0.39, 0.29) is 17.7 Å². The van der Waals surface area contributed by atoms with E-state index in [1.54, 1.807) is 0 Å². The minimum atomic E-state index is -0.357. The van der Waals surface area contributed by atoms with Gasteiger partial charge in [-0.1, -0.05) is 26.7 Å². The monoisotopic (exact) mass is 237 g/mol. The van der Waals surface area contributed by atoms with Crippen molar-refractivity contribution in [2.75, 3.05) is 0 Å². The molecule has 3 nitrogen and oxygen atoms in total. The van der Waals surface area contributed by atoms with E-state index in [1.165, 1.54) is 19.3 Å². The van der Waals surface area contributed by atoms with Gasteiger partial charge >= 0.3 is 0 Å². The minimum absolute atomic E-state index is 0.242. The Kier molecular flexibility index (Phi) is 3.55. The Hall–Kier alpha value is -0.860. The number of carbonyl (C=O) groups excluding carboxylic acids is 2. The summed E-state index contributed by atoms with van der Waals surface area (Å²) in [6, 6.07) is 0.267. The van der Waals surface area contributed by atoms with Gasteiger partial charge < -0.3 is 5.32 Å². The van der Waals surface area contributed by atoms with Crippen LogP contribution in [0, 0.1) is 11.3 Å². The smallest absolute Gasteiger partial charge is 0.287 e. The molecule has 0 aromatic carbocycles. The Bertz CT molecular complexity index is 312. The maximum atomic E-state index is 11.7. The van der Waals surface area contributed by atoms with Gasteiger partial charge in [0, 0.05) is 12.5 Å². The van der Waals surface area contributed by atoms with Crippen LogP contribution in [0.5, 0.6) is 0 Å². The van der Waals surface area contributed by atoms with E-state index in [1.807, 2.05) is 13.8 Å². The maximum absolute atomic E-state index is 11.7. The molecular formula is C14H23NO2. The topological polar surface area (TPSA) is 46.2 Å². The predicted octanol–water partition coefficient (Wildman–Crippen LogP) is 2.44. The first kappa shape index (κ1) is 12.6. The number of Topliss-reactive ketones (excluding diaryl/α,β-unsaturated/α-hetero) is 1. The molecule has 1 atom stereocenters. The van der Waals surface area contributed by atoms with Crippen molar-refractivity contribution in [1.29, 1.82) is 0 Å². The van der Waals surface area contributed by atoms with Crippen LogP contribution >= 0.6 is 0 Å². The highest BCUT2D eigenvalue weighted by Gasteiger charge is 2.48. The molecule has 0 aromatic heterocycles. The van der Waals surface area contributed by atoms with Gasteiger partial charge in [0.2, 0.25) is 5.78 Å².